The van der Waals surface area contributed by atoms with Crippen LogP contribution < -0.4 is 10.6 Å². The molecule has 1 rings (SSSR count). The van der Waals surface area contributed by atoms with Crippen molar-refractivity contribution in [2.75, 3.05) is 6.54 Å². The second-order valence-corrected chi connectivity index (χ2v) is 9.35. The lowest BCUT2D eigenvalue weighted by Crippen LogP contribution is -2.54. The standard InChI is InChI=1S/C25H41N3O4/c1-9-11-16-26-22(29)21(20-14-12-19(10-2)13-15-20)28(17(3)4)23(30)18(5)27-24(31)32-25(6,7)8/h12-15,17-18,21H,9-11,16H2,1-8H3,(H,26,29)(H,27,31). The van der Waals surface area contributed by atoms with E-state index in [1.54, 1.807) is 32.6 Å². The number of unbranched alkanes of at least 4 members (excludes halogenated alkanes) is 1. The highest BCUT2D eigenvalue weighted by Gasteiger charge is 2.36. The third kappa shape index (κ3) is 8.52. The zero-order chi connectivity index (χ0) is 24.5. The molecule has 0 saturated heterocycles. The van der Waals surface area contributed by atoms with Crippen LogP contribution in [0.15, 0.2) is 24.3 Å². The maximum atomic E-state index is 13.4. The molecule has 0 aromatic heterocycles. The fraction of sp³-hybridized carbons (Fsp3) is 0.640. The van der Waals surface area contributed by atoms with Gasteiger partial charge in [-0.3, -0.25) is 9.59 Å². The molecular formula is C25H41N3O4. The Morgan fingerprint density at radius 3 is 2.09 bits per heavy atom. The summed E-state index contributed by atoms with van der Waals surface area (Å²) in [5, 5.41) is 5.57. The first-order valence-corrected chi connectivity index (χ1v) is 11.6. The fourth-order valence-corrected chi connectivity index (χ4v) is 3.31. The summed E-state index contributed by atoms with van der Waals surface area (Å²) in [5.74, 6) is -0.574. The van der Waals surface area contributed by atoms with Gasteiger partial charge in [-0.1, -0.05) is 44.5 Å². The molecule has 2 unspecified atom stereocenters. The predicted octanol–water partition coefficient (Wildman–Crippen LogP) is 4.36. The Bertz CT molecular complexity index is 753. The van der Waals surface area contributed by atoms with Gasteiger partial charge < -0.3 is 20.3 Å². The van der Waals surface area contributed by atoms with Crippen LogP contribution in [0.25, 0.3) is 0 Å². The number of hydrogen-bond donors (Lipinski definition) is 2. The van der Waals surface area contributed by atoms with Crippen LogP contribution in [0.5, 0.6) is 0 Å². The van der Waals surface area contributed by atoms with Crippen molar-refractivity contribution in [2.45, 2.75) is 98.4 Å². The maximum absolute atomic E-state index is 13.4. The van der Waals surface area contributed by atoms with Crippen LogP contribution in [0.4, 0.5) is 4.79 Å². The van der Waals surface area contributed by atoms with E-state index in [1.807, 2.05) is 38.1 Å². The lowest BCUT2D eigenvalue weighted by Gasteiger charge is -2.36. The zero-order valence-electron chi connectivity index (χ0n) is 21.0. The molecule has 0 spiro atoms. The second kappa shape index (κ2) is 12.5. The van der Waals surface area contributed by atoms with Gasteiger partial charge in [0.15, 0.2) is 0 Å². The van der Waals surface area contributed by atoms with E-state index in [0.717, 1.165) is 30.4 Å². The highest BCUT2D eigenvalue weighted by Crippen LogP contribution is 2.25. The van der Waals surface area contributed by atoms with E-state index >= 15 is 0 Å². The molecule has 0 aliphatic heterocycles. The molecule has 0 saturated carbocycles. The minimum absolute atomic E-state index is 0.228. The zero-order valence-corrected chi connectivity index (χ0v) is 21.0. The molecule has 2 atom stereocenters. The van der Waals surface area contributed by atoms with Gasteiger partial charge in [0.25, 0.3) is 0 Å². The number of aryl methyl sites for hydroxylation is 1. The Morgan fingerprint density at radius 2 is 1.62 bits per heavy atom. The quantitative estimate of drug-likeness (QED) is 0.522. The van der Waals surface area contributed by atoms with Crippen molar-refractivity contribution in [1.29, 1.82) is 0 Å². The third-order valence-corrected chi connectivity index (χ3v) is 4.97. The van der Waals surface area contributed by atoms with Crippen LogP contribution >= 0.6 is 0 Å². The number of rotatable bonds is 10. The normalized spacial score (nSPS) is 13.3. The van der Waals surface area contributed by atoms with Crippen molar-refractivity contribution in [1.82, 2.24) is 15.5 Å². The Kier molecular flexibility index (Phi) is 10.7. The van der Waals surface area contributed by atoms with Crippen LogP contribution in [-0.4, -0.2) is 47.0 Å². The molecule has 1 aromatic carbocycles. The summed E-state index contributed by atoms with van der Waals surface area (Å²) in [6, 6.07) is 5.84. The average molecular weight is 448 g/mol. The number of ether oxygens (including phenoxy) is 1. The summed E-state index contributed by atoms with van der Waals surface area (Å²) < 4.78 is 5.28. The van der Waals surface area contributed by atoms with Crippen LogP contribution in [0.2, 0.25) is 0 Å². The monoisotopic (exact) mass is 447 g/mol. The van der Waals surface area contributed by atoms with Crippen molar-refractivity contribution in [3.8, 4) is 0 Å². The molecule has 0 fully saturated rings. The van der Waals surface area contributed by atoms with E-state index in [0.29, 0.717) is 6.54 Å². The second-order valence-electron chi connectivity index (χ2n) is 9.35. The first-order chi connectivity index (χ1) is 14.9. The number of carbonyl (C=O) groups excluding carboxylic acids is 3. The van der Waals surface area contributed by atoms with Crippen molar-refractivity contribution in [3.63, 3.8) is 0 Å². The van der Waals surface area contributed by atoms with Crippen LogP contribution in [0, 0.1) is 0 Å². The van der Waals surface area contributed by atoms with Gasteiger partial charge in [0.2, 0.25) is 11.8 Å². The molecule has 7 nitrogen and oxygen atoms in total. The maximum Gasteiger partial charge on any atom is 0.408 e. The van der Waals surface area contributed by atoms with E-state index in [1.165, 1.54) is 0 Å². The number of amides is 3. The number of carbonyl (C=O) groups is 3. The Labute approximate surface area is 193 Å². The molecule has 7 heteroatoms. The van der Waals surface area contributed by atoms with Gasteiger partial charge in [-0.2, -0.15) is 0 Å². The summed E-state index contributed by atoms with van der Waals surface area (Å²) in [4.78, 5) is 40.4. The number of nitrogens with one attached hydrogen (secondary N) is 2. The van der Waals surface area contributed by atoms with Gasteiger partial charge in [0, 0.05) is 12.6 Å². The molecule has 0 bridgehead atoms. The smallest absolute Gasteiger partial charge is 0.408 e. The topological polar surface area (TPSA) is 87.7 Å². The number of alkyl carbamates (subject to hydrolysis) is 1. The van der Waals surface area contributed by atoms with Crippen LogP contribution in [-0.2, 0) is 20.7 Å². The van der Waals surface area contributed by atoms with Crippen molar-refractivity contribution >= 4 is 17.9 Å². The van der Waals surface area contributed by atoms with E-state index in [2.05, 4.69) is 24.5 Å². The summed E-state index contributed by atoms with van der Waals surface area (Å²) >= 11 is 0. The molecule has 2 N–H and O–H groups in total. The van der Waals surface area contributed by atoms with E-state index < -0.39 is 23.8 Å². The summed E-state index contributed by atoms with van der Waals surface area (Å²) in [6.07, 6.45) is 2.04. The lowest BCUT2D eigenvalue weighted by molar-refractivity contribution is -0.144. The van der Waals surface area contributed by atoms with Crippen molar-refractivity contribution in [2.24, 2.45) is 0 Å². The van der Waals surface area contributed by atoms with Crippen molar-refractivity contribution < 1.29 is 19.1 Å². The largest absolute Gasteiger partial charge is 0.444 e. The molecule has 180 valence electrons. The molecule has 3 amide bonds. The van der Waals surface area contributed by atoms with Gasteiger partial charge >= 0.3 is 6.09 Å². The van der Waals surface area contributed by atoms with E-state index in [-0.39, 0.29) is 17.9 Å². The summed E-state index contributed by atoms with van der Waals surface area (Å²) in [5.41, 5.74) is 1.22. The van der Waals surface area contributed by atoms with Crippen LogP contribution in [0.3, 0.4) is 0 Å². The molecule has 0 aliphatic rings. The SMILES string of the molecule is CCCCNC(=O)C(c1ccc(CC)cc1)N(C(=O)C(C)NC(=O)OC(C)(C)C)C(C)C. The van der Waals surface area contributed by atoms with Gasteiger partial charge in [-0.15, -0.1) is 0 Å². The van der Waals surface area contributed by atoms with E-state index in [4.69, 9.17) is 4.74 Å². The van der Waals surface area contributed by atoms with Gasteiger partial charge in [-0.25, -0.2) is 4.79 Å². The molecule has 0 radical (unpaired) electrons. The Balaban J connectivity index is 3.22. The predicted molar refractivity (Wildman–Crippen MR) is 127 cm³/mol. The minimum Gasteiger partial charge on any atom is -0.444 e. The highest BCUT2D eigenvalue weighted by molar-refractivity contribution is 5.92. The summed E-state index contributed by atoms with van der Waals surface area (Å²) in [6.45, 7) is 15.3. The van der Waals surface area contributed by atoms with Gasteiger partial charge in [0.1, 0.15) is 17.7 Å². The number of benzene rings is 1. The van der Waals surface area contributed by atoms with Crippen LogP contribution in [0.1, 0.15) is 85.4 Å². The lowest BCUT2D eigenvalue weighted by atomic mass is 9.99. The third-order valence-electron chi connectivity index (χ3n) is 4.97. The molecule has 1 aromatic rings. The number of hydrogen-bond acceptors (Lipinski definition) is 4. The Morgan fingerprint density at radius 1 is 1.03 bits per heavy atom. The first kappa shape index (κ1) is 27.5. The highest BCUT2D eigenvalue weighted by atomic mass is 16.6. The average Bonchev–Trinajstić information content (AvgIpc) is 2.69. The van der Waals surface area contributed by atoms with E-state index in [9.17, 15) is 14.4 Å². The van der Waals surface area contributed by atoms with Gasteiger partial charge in [-0.05, 0) is 65.5 Å². The molecule has 0 aliphatic carbocycles. The number of nitrogens with zero attached hydrogens (tertiary/aromatic N) is 1. The molecule has 0 heterocycles. The molecule has 32 heavy (non-hydrogen) atoms. The van der Waals surface area contributed by atoms with Crippen molar-refractivity contribution in [3.05, 3.63) is 35.4 Å². The first-order valence-electron chi connectivity index (χ1n) is 11.6. The molecular weight excluding hydrogens is 406 g/mol. The Hall–Kier alpha value is -2.57. The minimum atomic E-state index is -0.854. The summed E-state index contributed by atoms with van der Waals surface area (Å²) in [7, 11) is 0. The van der Waals surface area contributed by atoms with Gasteiger partial charge in [0.05, 0.1) is 0 Å². The fourth-order valence-electron chi connectivity index (χ4n) is 3.31.